The van der Waals surface area contributed by atoms with E-state index in [-0.39, 0.29) is 19.1 Å². The number of anilines is 1. The van der Waals surface area contributed by atoms with Crippen LogP contribution in [0.4, 0.5) is 5.69 Å². The molecular formula is C22H17NO6. The average Bonchev–Trinajstić information content (AvgIpc) is 3.45. The Bertz CT molecular complexity index is 1110. The highest BCUT2D eigenvalue weighted by molar-refractivity contribution is 6.10. The molecule has 1 N–H and O–H groups in total. The number of fused-ring (bicyclic) bond motifs is 2. The number of furan rings is 1. The van der Waals surface area contributed by atoms with Crippen molar-refractivity contribution in [1.29, 1.82) is 0 Å². The van der Waals surface area contributed by atoms with E-state index in [9.17, 15) is 14.7 Å². The summed E-state index contributed by atoms with van der Waals surface area (Å²) < 4.78 is 15.9. The van der Waals surface area contributed by atoms with Crippen molar-refractivity contribution in [3.63, 3.8) is 0 Å². The Balaban J connectivity index is 1.48. The molecule has 0 spiro atoms. The minimum atomic E-state index is -1.95. The van der Waals surface area contributed by atoms with E-state index in [4.69, 9.17) is 13.9 Å². The summed E-state index contributed by atoms with van der Waals surface area (Å²) in [5.41, 5.74) is -0.147. The zero-order valence-electron chi connectivity index (χ0n) is 15.3. The molecule has 1 amide bonds. The summed E-state index contributed by atoms with van der Waals surface area (Å²) in [6.07, 6.45) is 0.988. The first-order chi connectivity index (χ1) is 14.1. The third kappa shape index (κ3) is 2.78. The molecule has 2 aliphatic heterocycles. The van der Waals surface area contributed by atoms with Crippen molar-refractivity contribution in [2.24, 2.45) is 0 Å². The number of ether oxygens (including phenoxy) is 2. The standard InChI is InChI=1S/C22H17NO6/c24-17(18-6-3-9-27-18)11-22(26)15-4-1-2-5-16(15)23(21(22)25)12-14-7-8-19-20(10-14)29-13-28-19/h1-10,26H,11-13H2/t22-/m1/s1. The topological polar surface area (TPSA) is 89.2 Å². The van der Waals surface area contributed by atoms with Gasteiger partial charge in [0.05, 0.1) is 24.9 Å². The molecule has 1 aromatic heterocycles. The number of nitrogens with zero attached hydrogens (tertiary/aromatic N) is 1. The molecule has 0 radical (unpaired) electrons. The van der Waals surface area contributed by atoms with E-state index >= 15 is 0 Å². The van der Waals surface area contributed by atoms with Gasteiger partial charge in [-0.15, -0.1) is 0 Å². The Morgan fingerprint density at radius 3 is 2.72 bits per heavy atom. The summed E-state index contributed by atoms with van der Waals surface area (Å²) in [4.78, 5) is 27.3. The van der Waals surface area contributed by atoms with Crippen molar-refractivity contribution in [2.45, 2.75) is 18.6 Å². The maximum Gasteiger partial charge on any atom is 0.264 e. The predicted octanol–water partition coefficient (Wildman–Crippen LogP) is 3.02. The van der Waals surface area contributed by atoms with Crippen LogP contribution in [0, 0.1) is 0 Å². The molecule has 2 aromatic carbocycles. The predicted molar refractivity (Wildman–Crippen MR) is 102 cm³/mol. The van der Waals surface area contributed by atoms with Gasteiger partial charge in [0.1, 0.15) is 0 Å². The summed E-state index contributed by atoms with van der Waals surface area (Å²) in [7, 11) is 0. The molecular weight excluding hydrogens is 374 g/mol. The van der Waals surface area contributed by atoms with Gasteiger partial charge in [-0.2, -0.15) is 0 Å². The third-order valence-corrected chi connectivity index (χ3v) is 5.23. The average molecular weight is 391 g/mol. The number of amides is 1. The first-order valence-corrected chi connectivity index (χ1v) is 9.15. The van der Waals surface area contributed by atoms with Gasteiger partial charge in [0, 0.05) is 5.56 Å². The normalized spacial score (nSPS) is 19.5. The monoisotopic (exact) mass is 391 g/mol. The van der Waals surface area contributed by atoms with Crippen molar-refractivity contribution in [1.82, 2.24) is 0 Å². The van der Waals surface area contributed by atoms with Crippen molar-refractivity contribution >= 4 is 17.4 Å². The van der Waals surface area contributed by atoms with Crippen LogP contribution in [0.5, 0.6) is 11.5 Å². The van der Waals surface area contributed by atoms with E-state index < -0.39 is 23.7 Å². The smallest absolute Gasteiger partial charge is 0.264 e. The number of Topliss-reactive ketones (excluding diaryl/α,β-unsaturated/α-hetero) is 1. The van der Waals surface area contributed by atoms with Crippen molar-refractivity contribution in [2.75, 3.05) is 11.7 Å². The van der Waals surface area contributed by atoms with Gasteiger partial charge in [-0.25, -0.2) is 0 Å². The van der Waals surface area contributed by atoms with Crippen LogP contribution in [-0.4, -0.2) is 23.6 Å². The first-order valence-electron chi connectivity index (χ1n) is 9.15. The van der Waals surface area contributed by atoms with E-state index in [1.165, 1.54) is 17.2 Å². The van der Waals surface area contributed by atoms with Gasteiger partial charge in [0.2, 0.25) is 12.6 Å². The highest BCUT2D eigenvalue weighted by atomic mass is 16.7. The molecule has 7 heteroatoms. The Labute approximate surface area is 166 Å². The van der Waals surface area contributed by atoms with Crippen LogP contribution in [0.25, 0.3) is 0 Å². The van der Waals surface area contributed by atoms with Gasteiger partial charge >= 0.3 is 0 Å². The molecule has 5 rings (SSSR count). The summed E-state index contributed by atoms with van der Waals surface area (Å²) in [6, 6.07) is 15.5. The Kier molecular flexibility index (Phi) is 3.92. The minimum Gasteiger partial charge on any atom is -0.461 e. The molecule has 7 nitrogen and oxygen atoms in total. The fourth-order valence-electron chi connectivity index (χ4n) is 3.81. The molecule has 0 saturated heterocycles. The lowest BCUT2D eigenvalue weighted by Crippen LogP contribution is -2.41. The first kappa shape index (κ1) is 17.5. The molecule has 0 bridgehead atoms. The van der Waals surface area contributed by atoms with Gasteiger partial charge in [0.25, 0.3) is 5.91 Å². The second-order valence-electron chi connectivity index (χ2n) is 7.03. The maximum atomic E-state index is 13.3. The second kappa shape index (κ2) is 6.49. The molecule has 3 aromatic rings. The molecule has 0 saturated carbocycles. The van der Waals surface area contributed by atoms with E-state index in [2.05, 4.69) is 0 Å². The number of hydrogen-bond donors (Lipinski definition) is 1. The number of rotatable bonds is 5. The van der Waals surface area contributed by atoms with Crippen molar-refractivity contribution < 1.29 is 28.6 Å². The maximum absolute atomic E-state index is 13.3. The fourth-order valence-corrected chi connectivity index (χ4v) is 3.81. The Hall–Kier alpha value is -3.58. The zero-order valence-corrected chi connectivity index (χ0v) is 15.3. The number of para-hydroxylation sites is 1. The van der Waals surface area contributed by atoms with Crippen molar-refractivity contribution in [3.8, 4) is 11.5 Å². The Morgan fingerprint density at radius 1 is 1.07 bits per heavy atom. The van der Waals surface area contributed by atoms with Crippen molar-refractivity contribution in [3.05, 3.63) is 77.7 Å². The molecule has 3 heterocycles. The number of carbonyl (C=O) groups excluding carboxylic acids is 2. The van der Waals surface area contributed by atoms with Crippen LogP contribution in [0.15, 0.2) is 65.3 Å². The summed E-state index contributed by atoms with van der Waals surface area (Å²) in [5, 5.41) is 11.3. The number of ketones is 1. The van der Waals surface area contributed by atoms with E-state index in [1.807, 2.05) is 12.1 Å². The highest BCUT2D eigenvalue weighted by Crippen LogP contribution is 2.44. The van der Waals surface area contributed by atoms with E-state index in [1.54, 1.807) is 36.4 Å². The van der Waals surface area contributed by atoms with Gasteiger partial charge in [-0.1, -0.05) is 24.3 Å². The molecule has 29 heavy (non-hydrogen) atoms. The number of aliphatic hydroxyl groups is 1. The molecule has 0 unspecified atom stereocenters. The number of carbonyl (C=O) groups is 2. The third-order valence-electron chi connectivity index (χ3n) is 5.23. The molecule has 146 valence electrons. The van der Waals surface area contributed by atoms with Gasteiger partial charge in [-0.05, 0) is 35.9 Å². The van der Waals surface area contributed by atoms with Crippen LogP contribution < -0.4 is 14.4 Å². The summed E-state index contributed by atoms with van der Waals surface area (Å²) in [5.74, 6) is 0.396. The second-order valence-corrected chi connectivity index (χ2v) is 7.03. The fraction of sp³-hybridized carbons (Fsp3) is 0.182. The quantitative estimate of drug-likeness (QED) is 0.673. The zero-order chi connectivity index (χ0) is 20.0. The van der Waals surface area contributed by atoms with Gasteiger partial charge in [0.15, 0.2) is 22.9 Å². The summed E-state index contributed by atoms with van der Waals surface area (Å²) >= 11 is 0. The lowest BCUT2D eigenvalue weighted by molar-refractivity contribution is -0.136. The molecule has 1 atom stereocenters. The van der Waals surface area contributed by atoms with Gasteiger partial charge in [-0.3, -0.25) is 9.59 Å². The van der Waals surface area contributed by atoms with E-state index in [0.29, 0.717) is 22.7 Å². The van der Waals surface area contributed by atoms with Gasteiger partial charge < -0.3 is 23.9 Å². The SMILES string of the molecule is O=C(C[C@]1(O)C(=O)N(Cc2ccc3c(c2)OCO3)c2ccccc21)c1ccco1. The van der Waals surface area contributed by atoms with Crippen LogP contribution in [0.3, 0.4) is 0 Å². The van der Waals surface area contributed by atoms with Crippen LogP contribution in [-0.2, 0) is 16.9 Å². The van der Waals surface area contributed by atoms with Crippen LogP contribution in [0.2, 0.25) is 0 Å². The highest BCUT2D eigenvalue weighted by Gasteiger charge is 2.51. The van der Waals surface area contributed by atoms with Crippen LogP contribution >= 0.6 is 0 Å². The van der Waals surface area contributed by atoms with E-state index in [0.717, 1.165) is 5.56 Å². The lowest BCUT2D eigenvalue weighted by Gasteiger charge is -2.22. The Morgan fingerprint density at radius 2 is 1.90 bits per heavy atom. The lowest BCUT2D eigenvalue weighted by atomic mass is 9.89. The number of benzene rings is 2. The summed E-state index contributed by atoms with van der Waals surface area (Å²) in [6.45, 7) is 0.392. The molecule has 0 fully saturated rings. The molecule has 2 aliphatic rings. The minimum absolute atomic E-state index is 0.109. The number of hydrogen-bond acceptors (Lipinski definition) is 6. The molecule has 0 aliphatic carbocycles. The largest absolute Gasteiger partial charge is 0.461 e. The van der Waals surface area contributed by atoms with Crippen LogP contribution in [0.1, 0.15) is 28.1 Å².